The Bertz CT molecular complexity index is 185. The normalized spacial score (nSPS) is 14.2. The van der Waals surface area contributed by atoms with E-state index in [1.807, 2.05) is 41.5 Å². The van der Waals surface area contributed by atoms with E-state index in [0.717, 1.165) is 0 Å². The van der Waals surface area contributed by atoms with Crippen molar-refractivity contribution in [3.8, 4) is 12.0 Å². The van der Waals surface area contributed by atoms with E-state index in [4.69, 9.17) is 6.42 Å². The molecule has 0 saturated carbocycles. The van der Waals surface area contributed by atoms with Crippen molar-refractivity contribution >= 4 is 8.41 Å². The molecule has 0 aromatic carbocycles. The fraction of sp³-hybridized carbons (Fsp3) is 0.800. The van der Waals surface area contributed by atoms with Crippen molar-refractivity contribution in [1.82, 2.24) is 0 Å². The maximum Gasteiger partial charge on any atom is 0.332 e. The molecule has 0 rings (SSSR count). The zero-order chi connectivity index (χ0) is 10.2. The molecular formula is C10H19FSi. The van der Waals surface area contributed by atoms with Crippen molar-refractivity contribution < 1.29 is 4.11 Å². The van der Waals surface area contributed by atoms with Gasteiger partial charge in [0.05, 0.1) is 0 Å². The summed E-state index contributed by atoms with van der Waals surface area (Å²) in [5.41, 5.74) is 2.43. The van der Waals surface area contributed by atoms with Crippen LogP contribution in [0, 0.1) is 12.0 Å². The minimum Gasteiger partial charge on any atom is -0.296 e. The van der Waals surface area contributed by atoms with Crippen LogP contribution in [-0.2, 0) is 0 Å². The van der Waals surface area contributed by atoms with E-state index >= 15 is 0 Å². The number of terminal acetylenes is 1. The van der Waals surface area contributed by atoms with Crippen LogP contribution in [0.4, 0.5) is 4.11 Å². The van der Waals surface area contributed by atoms with Gasteiger partial charge in [-0.25, -0.2) is 0 Å². The summed E-state index contributed by atoms with van der Waals surface area (Å²) in [5.74, 6) is 0. The quantitative estimate of drug-likeness (QED) is 0.307. The first-order chi connectivity index (χ1) is 5.06. The minimum absolute atomic E-state index is 0.375. The third-order valence-corrected chi connectivity index (χ3v) is 6.80. The summed E-state index contributed by atoms with van der Waals surface area (Å²) in [6.45, 7) is 11.4. The van der Waals surface area contributed by atoms with E-state index in [2.05, 4.69) is 5.54 Å². The van der Waals surface area contributed by atoms with Crippen LogP contribution in [-0.4, -0.2) is 8.41 Å². The molecule has 0 bridgehead atoms. The molecule has 0 aliphatic carbocycles. The Labute approximate surface area is 76.7 Å². The maximum absolute atomic E-state index is 14.4. The molecule has 0 atom stereocenters. The van der Waals surface area contributed by atoms with Crippen molar-refractivity contribution in [2.45, 2.75) is 51.6 Å². The van der Waals surface area contributed by atoms with E-state index in [-0.39, 0.29) is 10.1 Å². The van der Waals surface area contributed by atoms with E-state index in [1.165, 1.54) is 0 Å². The summed E-state index contributed by atoms with van der Waals surface area (Å²) in [6.07, 6.45) is 5.32. The van der Waals surface area contributed by atoms with Gasteiger partial charge in [0.15, 0.2) is 0 Å². The molecule has 0 aliphatic heterocycles. The van der Waals surface area contributed by atoms with E-state index in [9.17, 15) is 4.11 Å². The topological polar surface area (TPSA) is 0 Å². The van der Waals surface area contributed by atoms with Crippen LogP contribution < -0.4 is 0 Å². The van der Waals surface area contributed by atoms with Crippen LogP contribution in [0.1, 0.15) is 41.5 Å². The highest BCUT2D eigenvalue weighted by Gasteiger charge is 2.54. The highest BCUT2D eigenvalue weighted by atomic mass is 28.4. The fourth-order valence-corrected chi connectivity index (χ4v) is 4.67. The van der Waals surface area contributed by atoms with Crippen molar-refractivity contribution in [3.63, 3.8) is 0 Å². The lowest BCUT2D eigenvalue weighted by Gasteiger charge is -2.40. The first kappa shape index (κ1) is 11.7. The molecule has 0 amide bonds. The lowest BCUT2D eigenvalue weighted by Crippen LogP contribution is -2.46. The van der Waals surface area contributed by atoms with Gasteiger partial charge in [-0.05, 0) is 10.1 Å². The third-order valence-electron chi connectivity index (χ3n) is 2.27. The zero-order valence-electron chi connectivity index (χ0n) is 8.96. The molecule has 0 N–H and O–H groups in total. The lowest BCUT2D eigenvalue weighted by molar-refractivity contribution is 0.537. The molecule has 0 unspecified atom stereocenters. The van der Waals surface area contributed by atoms with Crippen LogP contribution in [0.25, 0.3) is 0 Å². The largest absolute Gasteiger partial charge is 0.332 e. The van der Waals surface area contributed by atoms with Gasteiger partial charge in [-0.3, -0.25) is 4.11 Å². The van der Waals surface area contributed by atoms with Crippen molar-refractivity contribution in [3.05, 3.63) is 0 Å². The molecule has 0 nitrogen and oxygen atoms in total. The lowest BCUT2D eigenvalue weighted by atomic mass is 10.2. The predicted octanol–water partition coefficient (Wildman–Crippen LogP) is 3.67. The second kappa shape index (κ2) is 2.88. The van der Waals surface area contributed by atoms with Crippen LogP contribution in [0.3, 0.4) is 0 Å². The number of halogens is 1. The molecule has 0 aliphatic rings. The summed E-state index contributed by atoms with van der Waals surface area (Å²) in [6, 6.07) is 0. The fourth-order valence-electron chi connectivity index (χ4n) is 1.56. The monoisotopic (exact) mass is 186 g/mol. The summed E-state index contributed by atoms with van der Waals surface area (Å²) >= 11 is 0. The van der Waals surface area contributed by atoms with Gasteiger partial charge in [-0.2, -0.15) is 0 Å². The molecule has 2 heteroatoms. The standard InChI is InChI=1S/C10H19FSi/c1-8-12(11,9(2,3)4)10(5,6)7/h1H,2-7H3. The van der Waals surface area contributed by atoms with Crippen molar-refractivity contribution in [2.24, 2.45) is 0 Å². The Morgan fingerprint density at radius 3 is 1.25 bits per heavy atom. The number of hydrogen-bond donors (Lipinski definition) is 0. The van der Waals surface area contributed by atoms with Crippen LogP contribution >= 0.6 is 0 Å². The highest BCUT2D eigenvalue weighted by molar-refractivity contribution is 6.86. The Hall–Kier alpha value is -0.293. The maximum atomic E-state index is 14.4. The number of hydrogen-bond acceptors (Lipinski definition) is 0. The summed E-state index contributed by atoms with van der Waals surface area (Å²) < 4.78 is 14.4. The second-order valence-corrected chi connectivity index (χ2v) is 9.91. The average molecular weight is 186 g/mol. The average Bonchev–Trinajstić information content (AvgIpc) is 1.81. The third kappa shape index (κ3) is 1.72. The van der Waals surface area contributed by atoms with Gasteiger partial charge in [0.1, 0.15) is 0 Å². The summed E-state index contributed by atoms with van der Waals surface area (Å²) in [5, 5.41) is -0.750. The molecule has 0 spiro atoms. The molecule has 0 saturated heterocycles. The van der Waals surface area contributed by atoms with Gasteiger partial charge in [0.25, 0.3) is 0 Å². The SMILES string of the molecule is C#C[Si](F)(C(C)(C)C)C(C)(C)C. The molecule has 0 aromatic rings. The van der Waals surface area contributed by atoms with E-state index < -0.39 is 8.41 Å². The Balaban J connectivity index is 5.14. The minimum atomic E-state index is -3.10. The van der Waals surface area contributed by atoms with Crippen LogP contribution in [0.2, 0.25) is 10.1 Å². The van der Waals surface area contributed by atoms with E-state index in [0.29, 0.717) is 0 Å². The molecule has 0 fully saturated rings. The summed E-state index contributed by atoms with van der Waals surface area (Å²) in [7, 11) is -3.10. The summed E-state index contributed by atoms with van der Waals surface area (Å²) in [4.78, 5) is 0. The number of rotatable bonds is 0. The Kier molecular flexibility index (Phi) is 2.81. The molecule has 0 aromatic heterocycles. The van der Waals surface area contributed by atoms with Gasteiger partial charge in [-0.1, -0.05) is 47.1 Å². The predicted molar refractivity (Wildman–Crippen MR) is 55.1 cm³/mol. The van der Waals surface area contributed by atoms with Gasteiger partial charge in [0.2, 0.25) is 0 Å². The molecule has 12 heavy (non-hydrogen) atoms. The highest BCUT2D eigenvalue weighted by Crippen LogP contribution is 2.51. The van der Waals surface area contributed by atoms with Crippen molar-refractivity contribution in [1.29, 1.82) is 0 Å². The van der Waals surface area contributed by atoms with Gasteiger partial charge >= 0.3 is 8.41 Å². The molecular weight excluding hydrogens is 167 g/mol. The van der Waals surface area contributed by atoms with Crippen molar-refractivity contribution in [2.75, 3.05) is 0 Å². The molecule has 70 valence electrons. The van der Waals surface area contributed by atoms with Crippen LogP contribution in [0.5, 0.6) is 0 Å². The van der Waals surface area contributed by atoms with Gasteiger partial charge in [-0.15, -0.1) is 6.42 Å². The first-order valence-electron chi connectivity index (χ1n) is 4.23. The first-order valence-corrected chi connectivity index (χ1v) is 6.11. The van der Waals surface area contributed by atoms with Crippen LogP contribution in [0.15, 0.2) is 0 Å². The Morgan fingerprint density at radius 1 is 1.00 bits per heavy atom. The second-order valence-electron chi connectivity index (χ2n) is 5.30. The zero-order valence-corrected chi connectivity index (χ0v) is 9.96. The smallest absolute Gasteiger partial charge is 0.296 e. The Morgan fingerprint density at radius 2 is 1.25 bits per heavy atom. The van der Waals surface area contributed by atoms with E-state index in [1.54, 1.807) is 0 Å². The van der Waals surface area contributed by atoms with Gasteiger partial charge < -0.3 is 0 Å². The molecule has 0 heterocycles. The van der Waals surface area contributed by atoms with Gasteiger partial charge in [0, 0.05) is 0 Å². The molecule has 0 radical (unpaired) electrons.